The molecule has 2 aliphatic heterocycles. The zero-order valence-electron chi connectivity index (χ0n) is 15.5. The van der Waals surface area contributed by atoms with Crippen molar-refractivity contribution >= 4 is 5.91 Å². The minimum atomic E-state index is 0.124. The van der Waals surface area contributed by atoms with Crippen LogP contribution in [0.3, 0.4) is 0 Å². The van der Waals surface area contributed by atoms with Gasteiger partial charge < -0.3 is 14.5 Å². The number of aromatic nitrogens is 2. The minimum absolute atomic E-state index is 0.124. The van der Waals surface area contributed by atoms with Crippen molar-refractivity contribution in [1.29, 1.82) is 0 Å². The lowest BCUT2D eigenvalue weighted by Crippen LogP contribution is -2.44. The number of piperidine rings is 1. The summed E-state index contributed by atoms with van der Waals surface area (Å²) in [5, 5.41) is 4.12. The van der Waals surface area contributed by atoms with Crippen LogP contribution < -0.4 is 0 Å². The maximum atomic E-state index is 12.6. The summed E-state index contributed by atoms with van der Waals surface area (Å²) in [5.41, 5.74) is 1.07. The summed E-state index contributed by atoms with van der Waals surface area (Å²) < 4.78 is 7.64. The molecule has 0 radical (unpaired) electrons. The van der Waals surface area contributed by atoms with Crippen molar-refractivity contribution in [1.82, 2.24) is 19.6 Å². The van der Waals surface area contributed by atoms with Gasteiger partial charge in [0.1, 0.15) is 0 Å². The average Bonchev–Trinajstić information content (AvgIpc) is 3.24. The monoisotopic (exact) mass is 346 g/mol. The van der Waals surface area contributed by atoms with Crippen molar-refractivity contribution in [2.75, 3.05) is 39.9 Å². The maximum Gasteiger partial charge on any atom is 0.257 e. The Bertz CT molecular complexity index is 617. The smallest absolute Gasteiger partial charge is 0.257 e. The fourth-order valence-electron chi connectivity index (χ4n) is 4.48. The molecule has 4 rings (SSSR count). The maximum absolute atomic E-state index is 12.6. The number of rotatable bonds is 5. The average molecular weight is 346 g/mol. The van der Waals surface area contributed by atoms with E-state index in [1.165, 1.54) is 19.3 Å². The Kier molecular flexibility index (Phi) is 4.58. The number of carbonyl (C=O) groups is 1. The van der Waals surface area contributed by atoms with E-state index in [9.17, 15) is 4.79 Å². The van der Waals surface area contributed by atoms with Crippen LogP contribution in [0.15, 0.2) is 12.4 Å². The van der Waals surface area contributed by atoms with Gasteiger partial charge in [-0.15, -0.1) is 0 Å². The molecule has 2 saturated heterocycles. The molecule has 0 bridgehead atoms. The molecule has 6 nitrogen and oxygen atoms in total. The van der Waals surface area contributed by atoms with Gasteiger partial charge in [0.25, 0.3) is 5.91 Å². The predicted octanol–water partition coefficient (Wildman–Crippen LogP) is 1.77. The van der Waals surface area contributed by atoms with Crippen molar-refractivity contribution in [3.05, 3.63) is 18.0 Å². The Morgan fingerprint density at radius 1 is 1.28 bits per heavy atom. The Hall–Kier alpha value is -1.40. The Balaban J connectivity index is 1.29. The third kappa shape index (κ3) is 3.75. The highest BCUT2D eigenvalue weighted by Crippen LogP contribution is 2.43. The molecule has 3 aliphatic rings. The summed E-state index contributed by atoms with van der Waals surface area (Å²) >= 11 is 0. The predicted molar refractivity (Wildman–Crippen MR) is 95.4 cm³/mol. The second-order valence-corrected chi connectivity index (χ2v) is 8.45. The summed E-state index contributed by atoms with van der Waals surface area (Å²) in [6, 6.07) is 0.541. The summed E-state index contributed by atoms with van der Waals surface area (Å²) in [6.07, 6.45) is 9.59. The van der Waals surface area contributed by atoms with Crippen LogP contribution in [-0.2, 0) is 11.8 Å². The summed E-state index contributed by atoms with van der Waals surface area (Å²) in [4.78, 5) is 17.1. The molecular weight excluding hydrogens is 316 g/mol. The van der Waals surface area contributed by atoms with E-state index in [2.05, 4.69) is 17.0 Å². The third-order valence-electron chi connectivity index (χ3n) is 6.30. The molecule has 1 saturated carbocycles. The molecule has 1 aliphatic carbocycles. The molecule has 25 heavy (non-hydrogen) atoms. The van der Waals surface area contributed by atoms with E-state index in [0.29, 0.717) is 17.0 Å². The first-order chi connectivity index (χ1) is 12.0. The number of nitrogens with zero attached hydrogens (tertiary/aromatic N) is 4. The number of amides is 1. The van der Waals surface area contributed by atoms with E-state index in [0.717, 1.165) is 51.6 Å². The molecule has 138 valence electrons. The van der Waals surface area contributed by atoms with Gasteiger partial charge in [0.15, 0.2) is 0 Å². The van der Waals surface area contributed by atoms with Gasteiger partial charge in [0.2, 0.25) is 0 Å². The Morgan fingerprint density at radius 3 is 2.68 bits per heavy atom. The Labute approximate surface area is 150 Å². The zero-order valence-corrected chi connectivity index (χ0v) is 15.5. The summed E-state index contributed by atoms with van der Waals surface area (Å²) in [6.45, 7) is 4.67. The van der Waals surface area contributed by atoms with Crippen LogP contribution in [0.25, 0.3) is 0 Å². The third-order valence-corrected chi connectivity index (χ3v) is 6.30. The van der Waals surface area contributed by atoms with Gasteiger partial charge in [-0.3, -0.25) is 9.48 Å². The van der Waals surface area contributed by atoms with E-state index in [4.69, 9.17) is 4.74 Å². The molecule has 1 atom stereocenters. The molecule has 1 aromatic heterocycles. The van der Waals surface area contributed by atoms with Crippen molar-refractivity contribution in [3.63, 3.8) is 0 Å². The number of likely N-dealkylation sites (tertiary alicyclic amines) is 2. The highest BCUT2D eigenvalue weighted by Gasteiger charge is 2.44. The highest BCUT2D eigenvalue weighted by atomic mass is 16.5. The number of hydrogen-bond donors (Lipinski definition) is 0. The highest BCUT2D eigenvalue weighted by molar-refractivity contribution is 5.93. The van der Waals surface area contributed by atoms with Gasteiger partial charge in [0, 0.05) is 45.5 Å². The quantitative estimate of drug-likeness (QED) is 0.815. The van der Waals surface area contributed by atoms with Gasteiger partial charge in [-0.1, -0.05) is 0 Å². The SMILES string of the molecule is CN1CC2(CCN(C(=O)c3cnn(C)c3)CC2)CC1COCC1CC1. The topological polar surface area (TPSA) is 50.6 Å². The standard InChI is InChI=1S/C19H30N4O2/c1-21-14-19(9-17(21)13-25-12-15-3-4-15)5-7-23(8-6-19)18(24)16-10-20-22(2)11-16/h10-11,15,17H,3-9,12-14H2,1-2H3. The first kappa shape index (κ1) is 17.0. The number of aryl methyl sites for hydroxylation is 1. The van der Waals surface area contributed by atoms with E-state index >= 15 is 0 Å². The molecule has 3 heterocycles. The van der Waals surface area contributed by atoms with Crippen LogP contribution in [0.2, 0.25) is 0 Å². The van der Waals surface area contributed by atoms with E-state index in [1.54, 1.807) is 10.9 Å². The van der Waals surface area contributed by atoms with E-state index in [1.807, 2.05) is 18.1 Å². The summed E-state index contributed by atoms with van der Waals surface area (Å²) in [7, 11) is 4.08. The fourth-order valence-corrected chi connectivity index (χ4v) is 4.48. The second kappa shape index (κ2) is 6.72. The molecule has 1 spiro atoms. The molecule has 0 aromatic carbocycles. The molecule has 1 aromatic rings. The number of hydrogen-bond acceptors (Lipinski definition) is 4. The van der Waals surface area contributed by atoms with Gasteiger partial charge >= 0.3 is 0 Å². The van der Waals surface area contributed by atoms with Crippen molar-refractivity contribution < 1.29 is 9.53 Å². The normalized spacial score (nSPS) is 26.5. The molecule has 1 unspecified atom stereocenters. The van der Waals surface area contributed by atoms with Gasteiger partial charge in [0.05, 0.1) is 18.4 Å². The van der Waals surface area contributed by atoms with E-state index in [-0.39, 0.29) is 5.91 Å². The molecule has 1 amide bonds. The molecule has 3 fully saturated rings. The number of carbonyl (C=O) groups excluding carboxylic acids is 1. The van der Waals surface area contributed by atoms with Crippen LogP contribution in [0.5, 0.6) is 0 Å². The van der Waals surface area contributed by atoms with Crippen LogP contribution in [0.4, 0.5) is 0 Å². The fraction of sp³-hybridized carbons (Fsp3) is 0.789. The summed E-state index contributed by atoms with van der Waals surface area (Å²) in [5.74, 6) is 0.959. The van der Waals surface area contributed by atoms with E-state index < -0.39 is 0 Å². The molecular formula is C19H30N4O2. The van der Waals surface area contributed by atoms with Crippen molar-refractivity contribution in [3.8, 4) is 0 Å². The largest absolute Gasteiger partial charge is 0.380 e. The lowest BCUT2D eigenvalue weighted by atomic mass is 9.76. The second-order valence-electron chi connectivity index (χ2n) is 8.45. The number of likely N-dealkylation sites (N-methyl/N-ethyl adjacent to an activating group) is 1. The van der Waals surface area contributed by atoms with Crippen LogP contribution in [0.1, 0.15) is 42.5 Å². The van der Waals surface area contributed by atoms with Gasteiger partial charge in [-0.2, -0.15) is 5.10 Å². The zero-order chi connectivity index (χ0) is 17.4. The van der Waals surface area contributed by atoms with Crippen LogP contribution in [-0.4, -0.2) is 71.4 Å². The van der Waals surface area contributed by atoms with Gasteiger partial charge in [-0.25, -0.2) is 0 Å². The van der Waals surface area contributed by atoms with Gasteiger partial charge in [-0.05, 0) is 50.5 Å². The lowest BCUT2D eigenvalue weighted by molar-refractivity contribution is 0.0588. The van der Waals surface area contributed by atoms with Crippen molar-refractivity contribution in [2.24, 2.45) is 18.4 Å². The first-order valence-electron chi connectivity index (χ1n) is 9.61. The minimum Gasteiger partial charge on any atom is -0.380 e. The number of ether oxygens (including phenoxy) is 1. The Morgan fingerprint density at radius 2 is 2.04 bits per heavy atom. The van der Waals surface area contributed by atoms with Crippen LogP contribution in [0, 0.1) is 11.3 Å². The lowest BCUT2D eigenvalue weighted by Gasteiger charge is -2.39. The molecule has 0 N–H and O–H groups in total. The first-order valence-corrected chi connectivity index (χ1v) is 9.61. The van der Waals surface area contributed by atoms with Crippen LogP contribution >= 0.6 is 0 Å². The van der Waals surface area contributed by atoms with Crippen molar-refractivity contribution in [2.45, 2.75) is 38.1 Å². The molecule has 6 heteroatoms.